The van der Waals surface area contributed by atoms with Crippen LogP contribution in [0.5, 0.6) is 0 Å². The molecule has 5 heteroatoms. The van der Waals surface area contributed by atoms with E-state index in [1.165, 1.54) is 7.05 Å². The van der Waals surface area contributed by atoms with Crippen LogP contribution in [0.25, 0.3) is 0 Å². The summed E-state index contributed by atoms with van der Waals surface area (Å²) in [4.78, 5) is 24.9. The minimum atomic E-state index is -0.612. The normalized spacial score (nSPS) is 23.9. The lowest BCUT2D eigenvalue weighted by molar-refractivity contribution is -0.127. The molecule has 1 fully saturated rings. The monoisotopic (exact) mass is 274 g/mol. The second kappa shape index (κ2) is 5.00. The first-order valence-corrected chi connectivity index (χ1v) is 6.93. The van der Waals surface area contributed by atoms with Gasteiger partial charge in [-0.3, -0.25) is 14.5 Å². The molecular formula is C15H18N2O3. The molecule has 2 atom stereocenters. The maximum absolute atomic E-state index is 12.1. The van der Waals surface area contributed by atoms with Crippen LogP contribution in [0.1, 0.15) is 40.4 Å². The quantitative estimate of drug-likeness (QED) is 0.776. The molecule has 1 aromatic carbocycles. The molecule has 20 heavy (non-hydrogen) atoms. The Labute approximate surface area is 117 Å². The molecule has 0 spiro atoms. The van der Waals surface area contributed by atoms with E-state index in [0.717, 1.165) is 35.4 Å². The lowest BCUT2D eigenvalue weighted by atomic mass is 9.92. The summed E-state index contributed by atoms with van der Waals surface area (Å²) in [5, 5.41) is 13.6. The van der Waals surface area contributed by atoms with Gasteiger partial charge < -0.3 is 10.4 Å². The van der Waals surface area contributed by atoms with E-state index in [9.17, 15) is 14.7 Å². The smallest absolute Gasteiger partial charge is 0.260 e. The number of nitrogens with one attached hydrogen (secondary N) is 1. The molecule has 2 N–H and O–H groups in total. The van der Waals surface area contributed by atoms with Crippen LogP contribution in [0.3, 0.4) is 0 Å². The van der Waals surface area contributed by atoms with Gasteiger partial charge >= 0.3 is 0 Å². The van der Waals surface area contributed by atoms with Crippen LogP contribution in [-0.2, 0) is 11.2 Å². The summed E-state index contributed by atoms with van der Waals surface area (Å²) in [6.45, 7) is 0.919. The zero-order valence-corrected chi connectivity index (χ0v) is 11.4. The summed E-state index contributed by atoms with van der Waals surface area (Å²) in [5.74, 6) is -0.474. The maximum atomic E-state index is 12.1. The summed E-state index contributed by atoms with van der Waals surface area (Å²) < 4.78 is 0. The van der Waals surface area contributed by atoms with E-state index in [2.05, 4.69) is 5.32 Å². The third-order valence-corrected chi connectivity index (χ3v) is 4.21. The highest BCUT2D eigenvalue weighted by Crippen LogP contribution is 2.27. The summed E-state index contributed by atoms with van der Waals surface area (Å²) >= 11 is 0. The molecule has 106 valence electrons. The molecule has 0 bridgehead atoms. The number of imide groups is 1. The second-order valence-corrected chi connectivity index (χ2v) is 5.50. The molecule has 1 aromatic rings. The van der Waals surface area contributed by atoms with Gasteiger partial charge in [-0.05, 0) is 36.6 Å². The molecule has 0 radical (unpaired) electrons. The number of amides is 2. The van der Waals surface area contributed by atoms with E-state index >= 15 is 0 Å². The van der Waals surface area contributed by atoms with E-state index in [1.807, 2.05) is 6.07 Å². The topological polar surface area (TPSA) is 69.6 Å². The van der Waals surface area contributed by atoms with Gasteiger partial charge in [-0.15, -0.1) is 0 Å². The van der Waals surface area contributed by atoms with Crippen molar-refractivity contribution in [1.82, 2.24) is 10.2 Å². The molecule has 2 aliphatic rings. The van der Waals surface area contributed by atoms with Crippen molar-refractivity contribution in [2.45, 2.75) is 31.4 Å². The zero-order valence-electron chi connectivity index (χ0n) is 11.4. The Morgan fingerprint density at radius 1 is 1.40 bits per heavy atom. The molecular weight excluding hydrogens is 256 g/mol. The molecule has 2 heterocycles. The van der Waals surface area contributed by atoms with Crippen LogP contribution in [0, 0.1) is 0 Å². The van der Waals surface area contributed by atoms with E-state index in [0.29, 0.717) is 5.56 Å². The van der Waals surface area contributed by atoms with Crippen molar-refractivity contribution in [3.05, 3.63) is 34.9 Å². The SMILES string of the molecule is CN1C(=O)Cc2ccc(C(O)C3CCCN3)cc2C1=O. The molecule has 1 saturated heterocycles. The predicted molar refractivity (Wildman–Crippen MR) is 73.2 cm³/mol. The molecule has 2 unspecified atom stereocenters. The van der Waals surface area contributed by atoms with Crippen LogP contribution in [0.2, 0.25) is 0 Å². The molecule has 3 rings (SSSR count). The number of rotatable bonds is 2. The number of carbonyl (C=O) groups is 2. The van der Waals surface area contributed by atoms with Crippen molar-refractivity contribution >= 4 is 11.8 Å². The predicted octanol–water partition coefficient (Wildman–Crippen LogP) is 0.627. The molecule has 0 aliphatic carbocycles. The van der Waals surface area contributed by atoms with E-state index in [1.54, 1.807) is 12.1 Å². The van der Waals surface area contributed by atoms with Crippen molar-refractivity contribution in [2.75, 3.05) is 13.6 Å². The third kappa shape index (κ3) is 2.13. The van der Waals surface area contributed by atoms with Gasteiger partial charge in [0.2, 0.25) is 5.91 Å². The van der Waals surface area contributed by atoms with Gasteiger partial charge in [0.1, 0.15) is 0 Å². The number of nitrogens with zero attached hydrogens (tertiary/aromatic N) is 1. The van der Waals surface area contributed by atoms with E-state index in [4.69, 9.17) is 0 Å². The van der Waals surface area contributed by atoms with Crippen LogP contribution in [0.4, 0.5) is 0 Å². The number of benzene rings is 1. The first-order valence-electron chi connectivity index (χ1n) is 6.93. The van der Waals surface area contributed by atoms with Gasteiger partial charge in [0.15, 0.2) is 0 Å². The lowest BCUT2D eigenvalue weighted by Gasteiger charge is -2.25. The standard InChI is InChI=1S/C15H18N2O3/c1-17-13(18)8-9-4-5-10(7-11(9)15(17)20)14(19)12-3-2-6-16-12/h4-5,7,12,14,16,19H,2-3,6,8H2,1H3. The number of hydrogen-bond donors (Lipinski definition) is 2. The Kier molecular flexibility index (Phi) is 3.31. The fourth-order valence-corrected chi connectivity index (χ4v) is 2.92. The van der Waals surface area contributed by atoms with Crippen LogP contribution in [-0.4, -0.2) is 41.5 Å². The molecule has 2 aliphatic heterocycles. The van der Waals surface area contributed by atoms with Gasteiger partial charge in [-0.2, -0.15) is 0 Å². The third-order valence-electron chi connectivity index (χ3n) is 4.21. The minimum Gasteiger partial charge on any atom is -0.387 e. The Balaban J connectivity index is 1.92. The van der Waals surface area contributed by atoms with Gasteiger partial charge in [-0.1, -0.05) is 12.1 Å². The average Bonchev–Trinajstić information content (AvgIpc) is 2.98. The van der Waals surface area contributed by atoms with Crippen molar-refractivity contribution in [3.8, 4) is 0 Å². The first kappa shape index (κ1) is 13.3. The summed E-state index contributed by atoms with van der Waals surface area (Å²) in [6, 6.07) is 5.37. The summed E-state index contributed by atoms with van der Waals surface area (Å²) in [7, 11) is 1.50. The highest BCUT2D eigenvalue weighted by atomic mass is 16.3. The van der Waals surface area contributed by atoms with Crippen LogP contribution in [0.15, 0.2) is 18.2 Å². The molecule has 0 aromatic heterocycles. The van der Waals surface area contributed by atoms with Gasteiger partial charge in [0.05, 0.1) is 12.5 Å². The van der Waals surface area contributed by atoms with Crippen LogP contribution >= 0.6 is 0 Å². The molecule has 5 nitrogen and oxygen atoms in total. The molecule has 0 saturated carbocycles. The minimum absolute atomic E-state index is 0.0473. The van der Waals surface area contributed by atoms with Gasteiger partial charge in [0.25, 0.3) is 5.91 Å². The fraction of sp³-hybridized carbons (Fsp3) is 0.467. The average molecular weight is 274 g/mol. The number of hydrogen-bond acceptors (Lipinski definition) is 4. The van der Waals surface area contributed by atoms with Crippen molar-refractivity contribution in [1.29, 1.82) is 0 Å². The first-order chi connectivity index (χ1) is 9.58. The van der Waals surface area contributed by atoms with Gasteiger partial charge in [0, 0.05) is 18.7 Å². The zero-order chi connectivity index (χ0) is 14.3. The number of carbonyl (C=O) groups excluding carboxylic acids is 2. The van der Waals surface area contributed by atoms with Crippen molar-refractivity contribution in [3.63, 3.8) is 0 Å². The Morgan fingerprint density at radius 2 is 2.20 bits per heavy atom. The number of aliphatic hydroxyl groups excluding tert-OH is 1. The largest absolute Gasteiger partial charge is 0.387 e. The Bertz CT molecular complexity index is 564. The number of aliphatic hydroxyl groups is 1. The van der Waals surface area contributed by atoms with Crippen molar-refractivity contribution < 1.29 is 14.7 Å². The summed E-state index contributed by atoms with van der Waals surface area (Å²) in [5.41, 5.74) is 2.01. The fourth-order valence-electron chi connectivity index (χ4n) is 2.92. The maximum Gasteiger partial charge on any atom is 0.260 e. The number of fused-ring (bicyclic) bond motifs is 1. The Morgan fingerprint density at radius 3 is 2.90 bits per heavy atom. The highest BCUT2D eigenvalue weighted by molar-refractivity contribution is 6.09. The molecule has 2 amide bonds. The second-order valence-electron chi connectivity index (χ2n) is 5.50. The number of likely N-dealkylation sites (N-methyl/N-ethyl adjacent to an activating group) is 1. The van der Waals surface area contributed by atoms with Gasteiger partial charge in [-0.25, -0.2) is 0 Å². The van der Waals surface area contributed by atoms with E-state index < -0.39 is 6.10 Å². The Hall–Kier alpha value is -1.72. The van der Waals surface area contributed by atoms with Crippen LogP contribution < -0.4 is 5.32 Å². The summed E-state index contributed by atoms with van der Waals surface area (Å²) in [6.07, 6.45) is 1.63. The van der Waals surface area contributed by atoms with Crippen molar-refractivity contribution in [2.24, 2.45) is 0 Å². The van der Waals surface area contributed by atoms with E-state index in [-0.39, 0.29) is 24.3 Å². The lowest BCUT2D eigenvalue weighted by Crippen LogP contribution is -2.39. The highest BCUT2D eigenvalue weighted by Gasteiger charge is 2.30.